The van der Waals surface area contributed by atoms with Crippen molar-refractivity contribution in [1.29, 1.82) is 0 Å². The van der Waals surface area contributed by atoms with Gasteiger partial charge in [0.25, 0.3) is 0 Å². The molecule has 0 aliphatic carbocycles. The van der Waals surface area contributed by atoms with Gasteiger partial charge in [-0.25, -0.2) is 0 Å². The Morgan fingerprint density at radius 3 is 1.67 bits per heavy atom. The molecule has 4 rings (SSSR count). The molecule has 0 saturated carbocycles. The topological polar surface area (TPSA) is 0 Å². The zero-order valence-corrected chi connectivity index (χ0v) is 17.9. The molecule has 0 amide bonds. The molecule has 4 saturated heterocycles. The van der Waals surface area contributed by atoms with Crippen LogP contribution in [0.3, 0.4) is 0 Å². The summed E-state index contributed by atoms with van der Waals surface area (Å²) in [4.78, 5) is 0. The molecule has 4 aliphatic heterocycles. The summed E-state index contributed by atoms with van der Waals surface area (Å²) in [6.07, 6.45) is 20.1. The molecular formula is C20H36B2BrLi. The molecule has 0 radical (unpaired) electrons. The van der Waals surface area contributed by atoms with E-state index in [2.05, 4.69) is 22.8 Å². The first-order valence-electron chi connectivity index (χ1n) is 11.0. The van der Waals surface area contributed by atoms with Crippen molar-refractivity contribution in [2.45, 2.75) is 119 Å². The Bertz CT molecular complexity index is 374. The van der Waals surface area contributed by atoms with Gasteiger partial charge >= 0.3 is 18.9 Å². The van der Waals surface area contributed by atoms with Crippen molar-refractivity contribution in [2.75, 3.05) is 5.33 Å². The van der Waals surface area contributed by atoms with Crippen LogP contribution >= 0.6 is 15.9 Å². The number of fused-ring (bicyclic) bond motifs is 4. The Morgan fingerprint density at radius 2 is 1.25 bits per heavy atom. The van der Waals surface area contributed by atoms with Gasteiger partial charge in [0.2, 0.25) is 0 Å². The zero-order valence-electron chi connectivity index (χ0n) is 16.3. The molecule has 0 N–H and O–H groups in total. The second-order valence-electron chi connectivity index (χ2n) is 10.1. The van der Waals surface area contributed by atoms with Crippen LogP contribution in [0.4, 0.5) is 0 Å². The fourth-order valence-corrected chi connectivity index (χ4v) is 9.21. The maximum atomic E-state index is 3.88. The third-order valence-corrected chi connectivity index (χ3v) is 10.0. The molecule has 0 nitrogen and oxygen atoms in total. The predicted octanol–water partition coefficient (Wildman–Crippen LogP) is 4.47. The monoisotopic (exact) mass is 384 g/mol. The first kappa shape index (κ1) is 20.0. The summed E-state index contributed by atoms with van der Waals surface area (Å²) in [6, 6.07) is 0. The first-order chi connectivity index (χ1) is 11.2. The fraction of sp³-hybridized carbons (Fsp3) is 1.00. The van der Waals surface area contributed by atoms with E-state index in [4.69, 9.17) is 0 Å². The first-order valence-corrected chi connectivity index (χ1v) is 12.1. The van der Waals surface area contributed by atoms with E-state index in [9.17, 15) is 0 Å². The van der Waals surface area contributed by atoms with Crippen molar-refractivity contribution in [2.24, 2.45) is 0 Å². The summed E-state index contributed by atoms with van der Waals surface area (Å²) in [5, 5.41) is 1.25. The Kier molecular flexibility index (Phi) is 7.05. The quantitative estimate of drug-likeness (QED) is 0.495. The minimum atomic E-state index is -0.128. The molecule has 0 aromatic rings. The maximum Gasteiger partial charge on any atom is 1.00 e. The third-order valence-electron chi connectivity index (χ3n) is 9.58. The average Bonchev–Trinajstić information content (AvgIpc) is 2.51. The van der Waals surface area contributed by atoms with Crippen LogP contribution in [-0.4, -0.2) is 18.2 Å². The second-order valence-corrected chi connectivity index (χ2v) is 10.9. The number of hydrogen-bond acceptors (Lipinski definition) is 0. The van der Waals surface area contributed by atoms with E-state index in [1.54, 1.807) is 77.0 Å². The van der Waals surface area contributed by atoms with Gasteiger partial charge in [0.15, 0.2) is 0 Å². The molecule has 4 aliphatic rings. The van der Waals surface area contributed by atoms with E-state index in [0.29, 0.717) is 0 Å². The predicted molar refractivity (Wildman–Crippen MR) is 110 cm³/mol. The minimum Gasteiger partial charge on any atom is -0.190 e. The zero-order chi connectivity index (χ0) is 15.9. The summed E-state index contributed by atoms with van der Waals surface area (Å²) >= 11 is 3.88. The van der Waals surface area contributed by atoms with E-state index in [1.165, 1.54) is 11.8 Å². The Hall–Kier alpha value is 1.21. The van der Waals surface area contributed by atoms with Crippen LogP contribution in [0.5, 0.6) is 0 Å². The van der Waals surface area contributed by atoms with Gasteiger partial charge in [0.1, 0.15) is 6.71 Å². The van der Waals surface area contributed by atoms with Crippen LogP contribution in [0.15, 0.2) is 0 Å². The van der Waals surface area contributed by atoms with E-state index >= 15 is 0 Å². The van der Waals surface area contributed by atoms with Crippen molar-refractivity contribution in [3.8, 4) is 0 Å². The molecule has 4 heterocycles. The summed E-state index contributed by atoms with van der Waals surface area (Å²) in [6.45, 7) is 3.95. The number of halogens is 1. The molecule has 0 aromatic carbocycles. The molecule has 0 aromatic heterocycles. The van der Waals surface area contributed by atoms with Crippen LogP contribution in [0, 0.1) is 0 Å². The van der Waals surface area contributed by atoms with Crippen molar-refractivity contribution >= 4 is 28.8 Å². The molecule has 130 valence electrons. The summed E-state index contributed by atoms with van der Waals surface area (Å²) in [5.41, 5.74) is 1.08. The molecule has 24 heavy (non-hydrogen) atoms. The molecule has 1 atom stereocenters. The van der Waals surface area contributed by atoms with Crippen LogP contribution in [-0.2, 0) is 0 Å². The summed E-state index contributed by atoms with van der Waals surface area (Å²) < 4.78 is 0. The Morgan fingerprint density at radius 1 is 0.833 bits per heavy atom. The van der Waals surface area contributed by atoms with E-state index in [-0.39, 0.29) is 25.0 Å². The van der Waals surface area contributed by atoms with E-state index < -0.39 is 0 Å². The Labute approximate surface area is 171 Å². The molecule has 0 spiro atoms. The third kappa shape index (κ3) is 3.38. The van der Waals surface area contributed by atoms with Crippen molar-refractivity contribution in [1.82, 2.24) is 0 Å². The van der Waals surface area contributed by atoms with Gasteiger partial charge in [-0.15, -0.1) is 0 Å². The summed E-state index contributed by atoms with van der Waals surface area (Å²) in [7, 11) is 0. The van der Waals surface area contributed by atoms with E-state index in [0.717, 1.165) is 35.7 Å². The van der Waals surface area contributed by atoms with Crippen molar-refractivity contribution < 1.29 is 18.9 Å². The van der Waals surface area contributed by atoms with Gasteiger partial charge in [-0.3, -0.25) is 0 Å². The van der Waals surface area contributed by atoms with Crippen LogP contribution in [0.2, 0.25) is 35.8 Å². The van der Waals surface area contributed by atoms with Gasteiger partial charge < -0.3 is 0 Å². The SMILES string of the molecule is C[B-]1(C(CCBr)B2C3CCCC2CCC3)C2CCCC1CCC2.[Li+]. The van der Waals surface area contributed by atoms with E-state index in [1.807, 2.05) is 0 Å². The molecule has 1 unspecified atom stereocenters. The number of rotatable bonds is 4. The fourth-order valence-electron chi connectivity index (χ4n) is 8.68. The minimum absolute atomic E-state index is 0. The Balaban J connectivity index is 0.00000169. The van der Waals surface area contributed by atoms with Gasteiger partial charge in [-0.05, 0) is 5.33 Å². The largest absolute Gasteiger partial charge is 1.00 e. The average molecular weight is 385 g/mol. The number of hydrogen-bond donors (Lipinski definition) is 0. The number of alkyl halides is 1. The van der Waals surface area contributed by atoms with Gasteiger partial charge in [0, 0.05) is 6.15 Å². The van der Waals surface area contributed by atoms with Crippen LogP contribution in [0.1, 0.15) is 83.5 Å². The normalized spacial score (nSPS) is 43.0. The van der Waals surface area contributed by atoms with Crippen molar-refractivity contribution in [3.05, 3.63) is 0 Å². The van der Waals surface area contributed by atoms with Crippen molar-refractivity contribution in [3.63, 3.8) is 0 Å². The molecular weight excluding hydrogens is 349 g/mol. The smallest absolute Gasteiger partial charge is 0.190 e. The second kappa shape index (κ2) is 8.48. The molecule has 4 bridgehead atoms. The van der Waals surface area contributed by atoms with Crippen LogP contribution < -0.4 is 18.9 Å². The van der Waals surface area contributed by atoms with Gasteiger partial charge in [0.05, 0.1) is 0 Å². The van der Waals surface area contributed by atoms with Crippen LogP contribution in [0.25, 0.3) is 0 Å². The molecule has 4 heteroatoms. The van der Waals surface area contributed by atoms with Gasteiger partial charge in [-0.2, -0.15) is 24.2 Å². The molecule has 4 fully saturated rings. The summed E-state index contributed by atoms with van der Waals surface area (Å²) in [5.74, 6) is 4.45. The standard InChI is InChI=1S/C20H36B2Br.Li/c1-22(18-10-4-11-19(22)13-5-12-18)20(14-15-23)21-16-6-2-7-17(21)9-3-8-16;/h16-20H,2-15H2,1H3;/q-1;+1. The van der Waals surface area contributed by atoms with Gasteiger partial charge in [-0.1, -0.05) is 111 Å². The maximum absolute atomic E-state index is 3.88.